The number of rotatable bonds is 7. The van der Waals surface area contributed by atoms with Gasteiger partial charge in [0.1, 0.15) is 0 Å². The molecule has 2 aliphatic rings. The van der Waals surface area contributed by atoms with Gasteiger partial charge < -0.3 is 15.4 Å². The third kappa shape index (κ3) is 5.32. The molecule has 1 aromatic rings. The van der Waals surface area contributed by atoms with E-state index < -0.39 is 5.41 Å². The Morgan fingerprint density at radius 2 is 1.75 bits per heavy atom. The van der Waals surface area contributed by atoms with Crippen molar-refractivity contribution in [1.29, 1.82) is 0 Å². The molecule has 1 aromatic carbocycles. The molecule has 1 saturated heterocycles. The number of carbonyl (C=O) groups excluding carboxylic acids is 2. The van der Waals surface area contributed by atoms with Crippen molar-refractivity contribution >= 4 is 17.5 Å². The van der Waals surface area contributed by atoms with Crippen LogP contribution in [0.25, 0.3) is 0 Å². The number of amides is 2. The second-order valence-electron chi connectivity index (χ2n) is 7.96. The molecule has 2 amide bonds. The summed E-state index contributed by atoms with van der Waals surface area (Å²) in [6.07, 6.45) is 6.09. The lowest BCUT2D eigenvalue weighted by Crippen LogP contribution is -2.46. The van der Waals surface area contributed by atoms with Crippen molar-refractivity contribution in [2.24, 2.45) is 0 Å². The smallest absolute Gasteiger partial charge is 0.230 e. The lowest BCUT2D eigenvalue weighted by molar-refractivity contribution is -0.128. The molecule has 0 unspecified atom stereocenters. The maximum absolute atomic E-state index is 13.2. The Morgan fingerprint density at radius 3 is 2.39 bits per heavy atom. The molecule has 1 heterocycles. The van der Waals surface area contributed by atoms with Crippen molar-refractivity contribution in [3.05, 3.63) is 29.8 Å². The molecule has 0 spiro atoms. The highest BCUT2D eigenvalue weighted by molar-refractivity contribution is 5.90. The number of carbonyl (C=O) groups is 2. The van der Waals surface area contributed by atoms with Gasteiger partial charge in [0.15, 0.2) is 0 Å². The van der Waals surface area contributed by atoms with E-state index in [0.29, 0.717) is 6.54 Å². The highest BCUT2D eigenvalue weighted by atomic mass is 16.5. The first kappa shape index (κ1) is 20.8. The van der Waals surface area contributed by atoms with E-state index in [1.807, 2.05) is 24.3 Å². The van der Waals surface area contributed by atoms with Gasteiger partial charge in [-0.1, -0.05) is 31.4 Å². The zero-order valence-electron chi connectivity index (χ0n) is 17.0. The van der Waals surface area contributed by atoms with Crippen LogP contribution in [0.2, 0.25) is 0 Å². The van der Waals surface area contributed by atoms with E-state index in [0.717, 1.165) is 76.2 Å². The molecular weight excluding hydrogens is 354 g/mol. The predicted molar refractivity (Wildman–Crippen MR) is 110 cm³/mol. The molecule has 6 nitrogen and oxygen atoms in total. The fourth-order valence-electron chi connectivity index (χ4n) is 4.38. The lowest BCUT2D eigenvalue weighted by atomic mass is 9.68. The molecule has 2 fully saturated rings. The second-order valence-corrected chi connectivity index (χ2v) is 7.96. The molecule has 1 aliphatic heterocycles. The first-order valence-electron chi connectivity index (χ1n) is 10.6. The summed E-state index contributed by atoms with van der Waals surface area (Å²) in [5.74, 6) is 0.0691. The Morgan fingerprint density at radius 1 is 1.07 bits per heavy atom. The summed E-state index contributed by atoms with van der Waals surface area (Å²) in [6, 6.07) is 7.81. The topological polar surface area (TPSA) is 70.7 Å². The summed E-state index contributed by atoms with van der Waals surface area (Å²) in [5.41, 5.74) is 1.39. The SMILES string of the molecule is CC(=O)Nc1ccc(C2(C(=O)NCCCN3CCOCC3)CCCCC2)cc1. The molecule has 1 aliphatic carbocycles. The fraction of sp³-hybridized carbons (Fsp3) is 0.636. The number of benzene rings is 1. The first-order valence-corrected chi connectivity index (χ1v) is 10.6. The number of anilines is 1. The quantitative estimate of drug-likeness (QED) is 0.706. The van der Waals surface area contributed by atoms with Crippen LogP contribution in [-0.2, 0) is 19.7 Å². The van der Waals surface area contributed by atoms with E-state index in [1.165, 1.54) is 13.3 Å². The number of hydrogen-bond donors (Lipinski definition) is 2. The summed E-state index contributed by atoms with van der Waals surface area (Å²) in [6.45, 7) is 6.80. The Kier molecular flexibility index (Phi) is 7.45. The number of nitrogens with zero attached hydrogens (tertiary/aromatic N) is 1. The summed E-state index contributed by atoms with van der Waals surface area (Å²) in [7, 11) is 0. The van der Waals surface area contributed by atoms with Crippen LogP contribution in [0.3, 0.4) is 0 Å². The predicted octanol–water partition coefficient (Wildman–Crippen LogP) is 2.69. The number of nitrogens with one attached hydrogen (secondary N) is 2. The van der Waals surface area contributed by atoms with E-state index in [9.17, 15) is 9.59 Å². The minimum absolute atomic E-state index is 0.0851. The van der Waals surface area contributed by atoms with Crippen LogP contribution in [0.5, 0.6) is 0 Å². The van der Waals surface area contributed by atoms with Crippen molar-refractivity contribution in [3.63, 3.8) is 0 Å². The molecule has 0 atom stereocenters. The molecule has 28 heavy (non-hydrogen) atoms. The second kappa shape index (κ2) is 10.0. The van der Waals surface area contributed by atoms with Gasteiger partial charge in [0, 0.05) is 32.2 Å². The average Bonchev–Trinajstić information content (AvgIpc) is 2.72. The molecule has 3 rings (SSSR count). The van der Waals surface area contributed by atoms with Crippen molar-refractivity contribution in [2.45, 2.75) is 50.9 Å². The minimum atomic E-state index is -0.439. The summed E-state index contributed by atoms with van der Waals surface area (Å²) < 4.78 is 5.38. The highest BCUT2D eigenvalue weighted by Crippen LogP contribution is 2.40. The minimum Gasteiger partial charge on any atom is -0.379 e. The molecule has 154 valence electrons. The summed E-state index contributed by atoms with van der Waals surface area (Å²) >= 11 is 0. The van der Waals surface area contributed by atoms with Gasteiger partial charge in [-0.3, -0.25) is 14.5 Å². The lowest BCUT2D eigenvalue weighted by Gasteiger charge is -2.36. The van der Waals surface area contributed by atoms with E-state index in [-0.39, 0.29) is 11.8 Å². The fourth-order valence-corrected chi connectivity index (χ4v) is 4.38. The van der Waals surface area contributed by atoms with E-state index in [4.69, 9.17) is 4.74 Å². The van der Waals surface area contributed by atoms with Gasteiger partial charge in [-0.25, -0.2) is 0 Å². The third-order valence-electron chi connectivity index (χ3n) is 5.94. The van der Waals surface area contributed by atoms with Crippen molar-refractivity contribution in [1.82, 2.24) is 10.2 Å². The zero-order chi connectivity index (χ0) is 19.8. The van der Waals surface area contributed by atoms with Crippen molar-refractivity contribution in [3.8, 4) is 0 Å². The maximum atomic E-state index is 13.2. The third-order valence-corrected chi connectivity index (χ3v) is 5.94. The van der Waals surface area contributed by atoms with Crippen molar-refractivity contribution < 1.29 is 14.3 Å². The van der Waals surface area contributed by atoms with E-state index >= 15 is 0 Å². The van der Waals surface area contributed by atoms with Crippen LogP contribution >= 0.6 is 0 Å². The Balaban J connectivity index is 1.59. The highest BCUT2D eigenvalue weighted by Gasteiger charge is 2.40. The van der Waals surface area contributed by atoms with Crippen LogP contribution in [0.1, 0.15) is 51.0 Å². The number of morpholine rings is 1. The van der Waals surface area contributed by atoms with Gasteiger partial charge in [-0.2, -0.15) is 0 Å². The molecular formula is C22H33N3O3. The van der Waals surface area contributed by atoms with E-state index in [1.54, 1.807) is 0 Å². The number of ether oxygens (including phenoxy) is 1. The van der Waals surface area contributed by atoms with Gasteiger partial charge in [-0.15, -0.1) is 0 Å². The Labute approximate surface area is 168 Å². The number of hydrogen-bond acceptors (Lipinski definition) is 4. The van der Waals surface area contributed by atoms with Crippen LogP contribution in [-0.4, -0.2) is 56.1 Å². The van der Waals surface area contributed by atoms with Gasteiger partial charge in [0.2, 0.25) is 11.8 Å². The van der Waals surface area contributed by atoms with Crippen LogP contribution in [0.15, 0.2) is 24.3 Å². The van der Waals surface area contributed by atoms with Crippen LogP contribution in [0, 0.1) is 0 Å². The Bertz CT molecular complexity index is 647. The van der Waals surface area contributed by atoms with Gasteiger partial charge >= 0.3 is 0 Å². The standard InChI is InChI=1S/C22H33N3O3/c1-18(26)24-20-8-6-19(7-9-20)22(10-3-2-4-11-22)21(27)23-12-5-13-25-14-16-28-17-15-25/h6-9H,2-5,10-17H2,1H3,(H,23,27)(H,24,26). The van der Waals surface area contributed by atoms with E-state index in [2.05, 4.69) is 15.5 Å². The summed E-state index contributed by atoms with van der Waals surface area (Å²) in [4.78, 5) is 26.9. The van der Waals surface area contributed by atoms with Crippen molar-refractivity contribution in [2.75, 3.05) is 44.7 Å². The average molecular weight is 388 g/mol. The van der Waals surface area contributed by atoms with Crippen LogP contribution < -0.4 is 10.6 Å². The first-order chi connectivity index (χ1) is 13.6. The summed E-state index contributed by atoms with van der Waals surface area (Å²) in [5, 5.41) is 6.01. The molecule has 1 saturated carbocycles. The molecule has 0 bridgehead atoms. The van der Waals surface area contributed by atoms with Crippen LogP contribution in [0.4, 0.5) is 5.69 Å². The molecule has 0 aromatic heterocycles. The van der Waals surface area contributed by atoms with Gasteiger partial charge in [0.05, 0.1) is 18.6 Å². The largest absolute Gasteiger partial charge is 0.379 e. The van der Waals surface area contributed by atoms with Gasteiger partial charge in [0.25, 0.3) is 0 Å². The molecule has 6 heteroatoms. The zero-order valence-corrected chi connectivity index (χ0v) is 17.0. The maximum Gasteiger partial charge on any atom is 0.230 e. The Hall–Kier alpha value is -1.92. The molecule has 0 radical (unpaired) electrons. The van der Waals surface area contributed by atoms with Gasteiger partial charge in [-0.05, 0) is 43.5 Å². The monoisotopic (exact) mass is 387 g/mol. The molecule has 2 N–H and O–H groups in total. The normalized spacial score (nSPS) is 19.8.